The zero-order chi connectivity index (χ0) is 25.3. The Morgan fingerprint density at radius 2 is 1.78 bits per heavy atom. The monoisotopic (exact) mass is 518 g/mol. The van der Waals surface area contributed by atoms with Gasteiger partial charge in [0.05, 0.1) is 12.2 Å². The Bertz CT molecular complexity index is 1140. The molecule has 2 aromatic carbocycles. The van der Waals surface area contributed by atoms with E-state index in [2.05, 4.69) is 11.5 Å². The molecule has 0 spiro atoms. The van der Waals surface area contributed by atoms with E-state index in [4.69, 9.17) is 9.78 Å². The number of piperidine rings is 1. The van der Waals surface area contributed by atoms with Crippen molar-refractivity contribution in [1.29, 1.82) is 0 Å². The number of hydrogen-bond donors (Lipinski definition) is 0. The summed E-state index contributed by atoms with van der Waals surface area (Å²) in [6, 6.07) is 9.76. The SMILES string of the molecule is C=C(C(=O)N1CCC(N2CCCC2)CC1)c1ccc(Sc2ccc3c(c2)CCOO3)c(C(F)(F)F)c1. The molecular weight excluding hydrogens is 489 g/mol. The lowest BCUT2D eigenvalue weighted by molar-refractivity contribution is -0.215. The fourth-order valence-corrected chi connectivity index (χ4v) is 6.18. The van der Waals surface area contributed by atoms with Gasteiger partial charge in [0.25, 0.3) is 5.91 Å². The van der Waals surface area contributed by atoms with Crippen LogP contribution in [-0.4, -0.2) is 54.5 Å². The van der Waals surface area contributed by atoms with Gasteiger partial charge in [-0.1, -0.05) is 24.4 Å². The molecule has 9 heteroatoms. The fraction of sp³-hybridized carbons (Fsp3) is 0.444. The van der Waals surface area contributed by atoms with Crippen LogP contribution in [0.1, 0.15) is 42.4 Å². The predicted octanol–water partition coefficient (Wildman–Crippen LogP) is 5.82. The summed E-state index contributed by atoms with van der Waals surface area (Å²) in [5.41, 5.74) is 0.421. The minimum Gasteiger partial charge on any atom is -0.339 e. The van der Waals surface area contributed by atoms with Crippen molar-refractivity contribution < 1.29 is 27.7 Å². The highest BCUT2D eigenvalue weighted by molar-refractivity contribution is 7.99. The molecule has 3 aliphatic rings. The van der Waals surface area contributed by atoms with E-state index >= 15 is 0 Å². The van der Waals surface area contributed by atoms with E-state index in [1.807, 2.05) is 6.07 Å². The first kappa shape index (κ1) is 25.2. The van der Waals surface area contributed by atoms with Gasteiger partial charge in [0.2, 0.25) is 0 Å². The Labute approximate surface area is 213 Å². The van der Waals surface area contributed by atoms with Gasteiger partial charge in [0.15, 0.2) is 5.75 Å². The van der Waals surface area contributed by atoms with Crippen LogP contribution in [0.4, 0.5) is 13.2 Å². The summed E-state index contributed by atoms with van der Waals surface area (Å²) in [6.07, 6.45) is 0.289. The van der Waals surface area contributed by atoms with E-state index in [1.165, 1.54) is 18.9 Å². The molecule has 0 radical (unpaired) electrons. The molecule has 3 aliphatic heterocycles. The third-order valence-corrected chi connectivity index (χ3v) is 8.23. The number of carbonyl (C=O) groups is 1. The summed E-state index contributed by atoms with van der Waals surface area (Å²) in [5, 5.41) is 0. The standard InChI is InChI=1S/C27H29F3N2O3S/c1-18(26(33)32-13-8-21(9-14-32)31-11-2-3-12-31)19-4-7-25(23(17-19)27(28,29)30)36-22-5-6-24-20(16-22)10-15-34-35-24/h4-7,16-17,21H,1-3,8-15H2. The molecule has 3 heterocycles. The molecular formula is C27H29F3N2O3S. The Kier molecular flexibility index (Phi) is 7.32. The lowest BCUT2D eigenvalue weighted by Crippen LogP contribution is -2.46. The fourth-order valence-electron chi connectivity index (χ4n) is 5.16. The van der Waals surface area contributed by atoms with E-state index in [9.17, 15) is 18.0 Å². The van der Waals surface area contributed by atoms with Crippen LogP contribution in [0.2, 0.25) is 0 Å². The molecule has 192 valence electrons. The molecule has 1 amide bonds. The molecule has 0 unspecified atom stereocenters. The van der Waals surface area contributed by atoms with Gasteiger partial charge in [-0.05, 0) is 74.7 Å². The van der Waals surface area contributed by atoms with Crippen LogP contribution in [0.3, 0.4) is 0 Å². The van der Waals surface area contributed by atoms with Crippen molar-refractivity contribution in [3.8, 4) is 5.75 Å². The maximum Gasteiger partial charge on any atom is 0.417 e. The minimum absolute atomic E-state index is 0.0749. The van der Waals surface area contributed by atoms with Crippen molar-refractivity contribution in [3.05, 3.63) is 59.7 Å². The molecule has 2 fully saturated rings. The molecule has 0 bridgehead atoms. The zero-order valence-electron chi connectivity index (χ0n) is 20.0. The minimum atomic E-state index is -4.57. The second-order valence-electron chi connectivity index (χ2n) is 9.48. The summed E-state index contributed by atoms with van der Waals surface area (Å²) in [7, 11) is 0. The van der Waals surface area contributed by atoms with Crippen LogP contribution in [0.25, 0.3) is 5.57 Å². The largest absolute Gasteiger partial charge is 0.417 e. The molecule has 5 nitrogen and oxygen atoms in total. The second-order valence-corrected chi connectivity index (χ2v) is 10.6. The van der Waals surface area contributed by atoms with Crippen molar-refractivity contribution >= 4 is 23.2 Å². The highest BCUT2D eigenvalue weighted by Gasteiger charge is 2.35. The first-order chi connectivity index (χ1) is 17.3. The van der Waals surface area contributed by atoms with Crippen molar-refractivity contribution in [2.75, 3.05) is 32.8 Å². The van der Waals surface area contributed by atoms with Gasteiger partial charge < -0.3 is 14.7 Å². The van der Waals surface area contributed by atoms with Gasteiger partial charge in [-0.2, -0.15) is 18.1 Å². The van der Waals surface area contributed by atoms with Crippen LogP contribution in [-0.2, 0) is 22.3 Å². The van der Waals surface area contributed by atoms with Gasteiger partial charge in [0.1, 0.15) is 0 Å². The average Bonchev–Trinajstić information content (AvgIpc) is 3.43. The topological polar surface area (TPSA) is 42.0 Å². The summed E-state index contributed by atoms with van der Waals surface area (Å²) in [4.78, 5) is 28.1. The molecule has 36 heavy (non-hydrogen) atoms. The van der Waals surface area contributed by atoms with Crippen molar-refractivity contribution in [1.82, 2.24) is 9.80 Å². The number of alkyl halides is 3. The van der Waals surface area contributed by atoms with Crippen LogP contribution >= 0.6 is 11.8 Å². The zero-order valence-corrected chi connectivity index (χ0v) is 20.8. The van der Waals surface area contributed by atoms with Gasteiger partial charge in [0, 0.05) is 46.5 Å². The molecule has 0 N–H and O–H groups in total. The molecule has 0 atom stereocenters. The average molecular weight is 519 g/mol. The van der Waals surface area contributed by atoms with E-state index in [0.29, 0.717) is 42.8 Å². The van der Waals surface area contributed by atoms with Crippen LogP contribution in [0.5, 0.6) is 5.75 Å². The first-order valence-electron chi connectivity index (χ1n) is 12.3. The number of halogens is 3. The highest BCUT2D eigenvalue weighted by Crippen LogP contribution is 2.42. The smallest absolute Gasteiger partial charge is 0.339 e. The maximum atomic E-state index is 14.0. The highest BCUT2D eigenvalue weighted by atomic mass is 32.2. The Morgan fingerprint density at radius 1 is 1.03 bits per heavy atom. The van der Waals surface area contributed by atoms with Gasteiger partial charge in [-0.3, -0.25) is 4.79 Å². The van der Waals surface area contributed by atoms with Gasteiger partial charge in [-0.25, -0.2) is 0 Å². The lowest BCUT2D eigenvalue weighted by atomic mass is 9.99. The van der Waals surface area contributed by atoms with Gasteiger partial charge >= 0.3 is 6.18 Å². The Balaban J connectivity index is 1.30. The number of benzene rings is 2. The second kappa shape index (κ2) is 10.5. The molecule has 0 aliphatic carbocycles. The normalized spacial score (nSPS) is 19.1. The van der Waals surface area contributed by atoms with Crippen LogP contribution < -0.4 is 4.89 Å². The van der Waals surface area contributed by atoms with E-state index in [0.717, 1.165) is 49.3 Å². The summed E-state index contributed by atoms with van der Waals surface area (Å²) in [6.45, 7) is 7.71. The summed E-state index contributed by atoms with van der Waals surface area (Å²) < 4.78 is 42.1. The number of amides is 1. The Morgan fingerprint density at radius 3 is 2.50 bits per heavy atom. The van der Waals surface area contributed by atoms with Crippen molar-refractivity contribution in [3.63, 3.8) is 0 Å². The van der Waals surface area contributed by atoms with E-state index in [1.54, 1.807) is 23.1 Å². The first-order valence-corrected chi connectivity index (χ1v) is 13.2. The molecule has 2 saturated heterocycles. The third kappa shape index (κ3) is 5.43. The molecule has 0 aromatic heterocycles. The van der Waals surface area contributed by atoms with E-state index < -0.39 is 11.7 Å². The predicted molar refractivity (Wildman–Crippen MR) is 132 cm³/mol. The van der Waals surface area contributed by atoms with Gasteiger partial charge in [-0.15, -0.1) is 0 Å². The quantitative estimate of drug-likeness (QED) is 0.369. The molecule has 2 aromatic rings. The van der Waals surface area contributed by atoms with Crippen molar-refractivity contribution in [2.45, 2.75) is 54.1 Å². The number of carbonyl (C=O) groups excluding carboxylic acids is 1. The lowest BCUT2D eigenvalue weighted by Gasteiger charge is -2.37. The van der Waals surface area contributed by atoms with E-state index in [-0.39, 0.29) is 21.9 Å². The van der Waals surface area contributed by atoms with Crippen molar-refractivity contribution in [2.24, 2.45) is 0 Å². The number of hydrogen-bond acceptors (Lipinski definition) is 5. The van der Waals surface area contributed by atoms with Crippen LogP contribution in [0, 0.1) is 0 Å². The number of likely N-dealkylation sites (tertiary alicyclic amines) is 2. The van der Waals surface area contributed by atoms with Crippen LogP contribution in [0.15, 0.2) is 52.8 Å². The summed E-state index contributed by atoms with van der Waals surface area (Å²) in [5.74, 6) is 0.288. The number of nitrogens with zero attached hydrogens (tertiary/aromatic N) is 2. The summed E-state index contributed by atoms with van der Waals surface area (Å²) >= 11 is 1.04. The Hall–Kier alpha value is -2.49. The molecule has 5 rings (SSSR count). The maximum absolute atomic E-state index is 14.0. The third-order valence-electron chi connectivity index (χ3n) is 7.16. The number of rotatable bonds is 5. The number of fused-ring (bicyclic) bond motifs is 1. The molecule has 0 saturated carbocycles.